The molecule has 0 aliphatic carbocycles. The first kappa shape index (κ1) is 12.7. The van der Waals surface area contributed by atoms with Gasteiger partial charge in [0.25, 0.3) is 0 Å². The van der Waals surface area contributed by atoms with Crippen LogP contribution in [0.25, 0.3) is 0 Å². The van der Waals surface area contributed by atoms with Gasteiger partial charge in [-0.3, -0.25) is 0 Å². The quantitative estimate of drug-likeness (QED) is 0.896. The first-order valence-corrected chi connectivity index (χ1v) is 5.42. The second-order valence-electron chi connectivity index (χ2n) is 3.98. The van der Waals surface area contributed by atoms with Gasteiger partial charge in [-0.25, -0.2) is 0 Å². The smallest absolute Gasteiger partial charge is 0.390 e. The van der Waals surface area contributed by atoms with Crippen LogP contribution in [0.4, 0.5) is 13.2 Å². The van der Waals surface area contributed by atoms with Gasteiger partial charge in [0.1, 0.15) is 0 Å². The fourth-order valence-corrected chi connectivity index (χ4v) is 1.79. The zero-order chi connectivity index (χ0) is 13.2. The van der Waals surface area contributed by atoms with Gasteiger partial charge >= 0.3 is 6.18 Å². The van der Waals surface area contributed by atoms with Gasteiger partial charge in [-0.15, -0.1) is 0 Å². The number of aliphatic hydroxyl groups is 1. The molecule has 2 aromatic rings. The summed E-state index contributed by atoms with van der Waals surface area (Å²) in [4.78, 5) is 0. The first-order valence-electron chi connectivity index (χ1n) is 5.42. The number of alkyl halides is 3. The molecule has 0 aliphatic rings. The molecule has 0 radical (unpaired) electrons. The Morgan fingerprint density at radius 1 is 1.11 bits per heavy atom. The van der Waals surface area contributed by atoms with E-state index in [4.69, 9.17) is 5.11 Å². The lowest BCUT2D eigenvalue weighted by molar-refractivity contribution is -0.137. The van der Waals surface area contributed by atoms with E-state index in [0.29, 0.717) is 17.8 Å². The van der Waals surface area contributed by atoms with Crippen molar-refractivity contribution in [1.82, 2.24) is 4.57 Å². The highest BCUT2D eigenvalue weighted by atomic mass is 19.4. The van der Waals surface area contributed by atoms with E-state index in [1.807, 2.05) is 0 Å². The normalized spacial score (nSPS) is 11.8. The molecule has 0 spiro atoms. The maximum atomic E-state index is 12.5. The van der Waals surface area contributed by atoms with Gasteiger partial charge in [0.15, 0.2) is 0 Å². The zero-order valence-corrected chi connectivity index (χ0v) is 9.48. The summed E-state index contributed by atoms with van der Waals surface area (Å²) in [6.07, 6.45) is -2.60. The summed E-state index contributed by atoms with van der Waals surface area (Å²) in [5.74, 6) is 0. The second-order valence-corrected chi connectivity index (χ2v) is 3.98. The van der Waals surface area contributed by atoms with E-state index in [-0.39, 0.29) is 6.61 Å². The Kier molecular flexibility index (Phi) is 3.43. The molecule has 5 heteroatoms. The molecule has 1 aromatic heterocycles. The van der Waals surface area contributed by atoms with Crippen molar-refractivity contribution in [1.29, 1.82) is 0 Å². The minimum absolute atomic E-state index is 0.133. The third-order valence-electron chi connectivity index (χ3n) is 2.69. The van der Waals surface area contributed by atoms with Crippen molar-refractivity contribution in [3.63, 3.8) is 0 Å². The fourth-order valence-electron chi connectivity index (χ4n) is 1.79. The summed E-state index contributed by atoms with van der Waals surface area (Å²) < 4.78 is 39.4. The number of hydrogen-bond acceptors (Lipinski definition) is 1. The number of hydrogen-bond donors (Lipinski definition) is 1. The molecule has 18 heavy (non-hydrogen) atoms. The molecule has 96 valence electrons. The summed E-state index contributed by atoms with van der Waals surface area (Å²) in [6.45, 7) is 0.179. The number of nitrogens with zero attached hydrogens (tertiary/aromatic N) is 1. The van der Waals surface area contributed by atoms with Crippen LogP contribution in [0.5, 0.6) is 0 Å². The molecular weight excluding hydrogens is 243 g/mol. The lowest BCUT2D eigenvalue weighted by Gasteiger charge is -2.11. The topological polar surface area (TPSA) is 25.2 Å². The Morgan fingerprint density at radius 2 is 1.89 bits per heavy atom. The van der Waals surface area contributed by atoms with E-state index in [0.717, 1.165) is 12.1 Å². The van der Waals surface area contributed by atoms with Crippen LogP contribution in [0.3, 0.4) is 0 Å². The minimum Gasteiger partial charge on any atom is -0.390 e. The number of aliphatic hydroxyl groups excluding tert-OH is 1. The molecule has 1 heterocycles. The van der Waals surface area contributed by atoms with Gasteiger partial charge in [-0.2, -0.15) is 13.2 Å². The summed E-state index contributed by atoms with van der Waals surface area (Å²) in [5.41, 5.74) is 0.570. The van der Waals surface area contributed by atoms with Crippen LogP contribution in [-0.2, 0) is 19.3 Å². The maximum Gasteiger partial charge on any atom is 0.416 e. The molecule has 0 amide bonds. The van der Waals surface area contributed by atoms with Gasteiger partial charge in [0, 0.05) is 18.4 Å². The number of rotatable bonds is 3. The standard InChI is InChI=1S/C13H12F3NO/c14-13(15,16)11-4-1-3-10(7-11)8-17-6-2-5-12(17)9-18/h1-7,18H,8-9H2. The summed E-state index contributed by atoms with van der Waals surface area (Å²) >= 11 is 0. The van der Waals surface area contributed by atoms with Crippen LogP contribution in [0, 0.1) is 0 Å². The second kappa shape index (κ2) is 4.86. The summed E-state index contributed by atoms with van der Waals surface area (Å²) in [5, 5.41) is 9.07. The molecule has 0 unspecified atom stereocenters. The van der Waals surface area contributed by atoms with E-state index in [9.17, 15) is 13.2 Å². The van der Waals surface area contributed by atoms with Crippen LogP contribution in [-0.4, -0.2) is 9.67 Å². The van der Waals surface area contributed by atoms with Crippen molar-refractivity contribution >= 4 is 0 Å². The zero-order valence-electron chi connectivity index (χ0n) is 9.48. The summed E-state index contributed by atoms with van der Waals surface area (Å²) in [6, 6.07) is 8.68. The molecule has 2 rings (SSSR count). The Labute approximate surface area is 102 Å². The predicted molar refractivity (Wildman–Crippen MR) is 60.9 cm³/mol. The highest BCUT2D eigenvalue weighted by Crippen LogP contribution is 2.29. The van der Waals surface area contributed by atoms with Crippen LogP contribution in [0.1, 0.15) is 16.8 Å². The van der Waals surface area contributed by atoms with Crippen molar-refractivity contribution in [2.45, 2.75) is 19.3 Å². The molecule has 1 aromatic carbocycles. The monoisotopic (exact) mass is 255 g/mol. The average molecular weight is 255 g/mol. The van der Waals surface area contributed by atoms with Crippen LogP contribution < -0.4 is 0 Å². The Balaban J connectivity index is 2.25. The molecule has 0 saturated heterocycles. The van der Waals surface area contributed by atoms with Gasteiger partial charge < -0.3 is 9.67 Å². The van der Waals surface area contributed by atoms with Crippen molar-refractivity contribution in [2.24, 2.45) is 0 Å². The van der Waals surface area contributed by atoms with Crippen LogP contribution >= 0.6 is 0 Å². The average Bonchev–Trinajstić information content (AvgIpc) is 2.75. The van der Waals surface area contributed by atoms with Crippen molar-refractivity contribution < 1.29 is 18.3 Å². The number of benzene rings is 1. The van der Waals surface area contributed by atoms with Crippen LogP contribution in [0.2, 0.25) is 0 Å². The molecule has 0 fully saturated rings. The molecule has 0 aliphatic heterocycles. The molecule has 2 nitrogen and oxygen atoms in total. The lowest BCUT2D eigenvalue weighted by atomic mass is 10.1. The third kappa shape index (κ3) is 2.73. The van der Waals surface area contributed by atoms with E-state index < -0.39 is 11.7 Å². The largest absolute Gasteiger partial charge is 0.416 e. The van der Waals surface area contributed by atoms with E-state index in [1.165, 1.54) is 6.07 Å². The van der Waals surface area contributed by atoms with E-state index >= 15 is 0 Å². The van der Waals surface area contributed by atoms with Crippen molar-refractivity contribution in [3.05, 3.63) is 59.4 Å². The molecular formula is C13H12F3NO. The lowest BCUT2D eigenvalue weighted by Crippen LogP contribution is -2.07. The van der Waals surface area contributed by atoms with Gasteiger partial charge in [-0.1, -0.05) is 12.1 Å². The SMILES string of the molecule is OCc1cccn1Cc1cccc(C(F)(F)F)c1. The van der Waals surface area contributed by atoms with E-state index in [1.54, 1.807) is 29.0 Å². The highest BCUT2D eigenvalue weighted by molar-refractivity contribution is 5.26. The number of halogens is 3. The Hall–Kier alpha value is -1.75. The molecule has 0 atom stereocenters. The predicted octanol–water partition coefficient (Wildman–Crippen LogP) is 3.05. The third-order valence-corrected chi connectivity index (χ3v) is 2.69. The molecule has 0 bridgehead atoms. The highest BCUT2D eigenvalue weighted by Gasteiger charge is 2.30. The van der Waals surface area contributed by atoms with Crippen LogP contribution in [0.15, 0.2) is 42.6 Å². The van der Waals surface area contributed by atoms with E-state index in [2.05, 4.69) is 0 Å². The summed E-state index contributed by atoms with van der Waals surface area (Å²) in [7, 11) is 0. The van der Waals surface area contributed by atoms with Crippen molar-refractivity contribution in [2.75, 3.05) is 0 Å². The Bertz CT molecular complexity index is 531. The fraction of sp³-hybridized carbons (Fsp3) is 0.231. The molecule has 1 N–H and O–H groups in total. The van der Waals surface area contributed by atoms with Crippen molar-refractivity contribution in [3.8, 4) is 0 Å². The first-order chi connectivity index (χ1) is 8.50. The number of aromatic nitrogens is 1. The maximum absolute atomic E-state index is 12.5. The minimum atomic E-state index is -4.33. The van der Waals surface area contributed by atoms with Gasteiger partial charge in [0.05, 0.1) is 12.2 Å². The Morgan fingerprint density at radius 3 is 2.56 bits per heavy atom. The van der Waals surface area contributed by atoms with Gasteiger partial charge in [-0.05, 0) is 29.8 Å². The van der Waals surface area contributed by atoms with Gasteiger partial charge in [0.2, 0.25) is 0 Å². The molecule has 0 saturated carbocycles.